The van der Waals surface area contributed by atoms with E-state index in [1.165, 1.54) is 0 Å². The lowest BCUT2D eigenvalue weighted by Gasteiger charge is -2.33. The van der Waals surface area contributed by atoms with Crippen molar-refractivity contribution in [3.8, 4) is 0 Å². The first-order chi connectivity index (χ1) is 9.74. The van der Waals surface area contributed by atoms with Gasteiger partial charge in [0.1, 0.15) is 0 Å². The third-order valence-electron chi connectivity index (χ3n) is 4.23. The van der Waals surface area contributed by atoms with Gasteiger partial charge in [0.2, 0.25) is 0 Å². The van der Waals surface area contributed by atoms with E-state index in [1.807, 2.05) is 0 Å². The average molecular weight is 282 g/mol. The van der Waals surface area contributed by atoms with Crippen molar-refractivity contribution in [1.82, 2.24) is 19.4 Å². The van der Waals surface area contributed by atoms with E-state index in [-0.39, 0.29) is 17.8 Å². The minimum atomic E-state index is -0.309. The molecule has 0 unspecified atom stereocenters. The maximum atomic E-state index is 11.4. The minimum absolute atomic E-state index is 0.0746. The summed E-state index contributed by atoms with van der Waals surface area (Å²) in [4.78, 5) is 18.6. The standard InChI is InChI=1S/C13H22N4O3/c18-12-10-15(3-4-17-2-1-14-13(17)19)9-11(12)16-5-7-20-8-6-16/h1-2,11-12,18H,3-10H2,(H,14,19)/t11-,12-/m1/s1. The Balaban J connectivity index is 1.52. The van der Waals surface area contributed by atoms with Gasteiger partial charge in [-0.25, -0.2) is 4.79 Å². The van der Waals surface area contributed by atoms with E-state index in [0.29, 0.717) is 13.1 Å². The van der Waals surface area contributed by atoms with Gasteiger partial charge in [-0.15, -0.1) is 0 Å². The fourth-order valence-electron chi connectivity index (χ4n) is 3.07. The molecular formula is C13H22N4O3. The number of rotatable bonds is 4. The molecule has 1 aromatic rings. The number of nitrogens with one attached hydrogen (secondary N) is 1. The number of nitrogens with zero attached hydrogens (tertiary/aromatic N) is 3. The fraction of sp³-hybridized carbons (Fsp3) is 0.769. The summed E-state index contributed by atoms with van der Waals surface area (Å²) < 4.78 is 7.01. The number of morpholine rings is 1. The van der Waals surface area contributed by atoms with Gasteiger partial charge in [0.25, 0.3) is 0 Å². The monoisotopic (exact) mass is 282 g/mol. The fourth-order valence-corrected chi connectivity index (χ4v) is 3.07. The van der Waals surface area contributed by atoms with E-state index in [2.05, 4.69) is 14.8 Å². The molecule has 20 heavy (non-hydrogen) atoms. The van der Waals surface area contributed by atoms with Gasteiger partial charge < -0.3 is 14.8 Å². The molecular weight excluding hydrogens is 260 g/mol. The number of H-pyrrole nitrogens is 1. The lowest BCUT2D eigenvalue weighted by atomic mass is 10.2. The van der Waals surface area contributed by atoms with Crippen LogP contribution in [0.5, 0.6) is 0 Å². The summed E-state index contributed by atoms with van der Waals surface area (Å²) in [6.07, 6.45) is 3.10. The highest BCUT2D eigenvalue weighted by atomic mass is 16.5. The second kappa shape index (κ2) is 6.09. The Hall–Kier alpha value is -1.15. The topological polar surface area (TPSA) is 73.7 Å². The van der Waals surface area contributed by atoms with E-state index in [4.69, 9.17) is 4.74 Å². The summed E-state index contributed by atoms with van der Waals surface area (Å²) in [7, 11) is 0. The maximum Gasteiger partial charge on any atom is 0.325 e. The Labute approximate surface area is 117 Å². The van der Waals surface area contributed by atoms with Gasteiger partial charge in [-0.05, 0) is 0 Å². The number of aromatic nitrogens is 2. The number of likely N-dealkylation sites (tertiary alicyclic amines) is 1. The van der Waals surface area contributed by atoms with Crippen LogP contribution in [0.2, 0.25) is 0 Å². The maximum absolute atomic E-state index is 11.4. The molecule has 0 aromatic carbocycles. The zero-order valence-corrected chi connectivity index (χ0v) is 11.6. The molecule has 2 fully saturated rings. The van der Waals surface area contributed by atoms with Crippen LogP contribution in [0.25, 0.3) is 0 Å². The highest BCUT2D eigenvalue weighted by molar-refractivity contribution is 4.91. The number of aliphatic hydroxyl groups is 1. The Morgan fingerprint density at radius 2 is 2.10 bits per heavy atom. The van der Waals surface area contributed by atoms with Crippen LogP contribution < -0.4 is 5.69 Å². The molecule has 3 heterocycles. The normalized spacial score (nSPS) is 29.1. The molecule has 112 valence electrons. The van der Waals surface area contributed by atoms with Crippen molar-refractivity contribution in [3.05, 3.63) is 22.9 Å². The summed E-state index contributed by atoms with van der Waals surface area (Å²) in [5.74, 6) is 0. The lowest BCUT2D eigenvalue weighted by Crippen LogP contribution is -2.48. The molecule has 2 aliphatic heterocycles. The van der Waals surface area contributed by atoms with Crippen LogP contribution >= 0.6 is 0 Å². The van der Waals surface area contributed by atoms with Crippen LogP contribution in [0.15, 0.2) is 17.2 Å². The minimum Gasteiger partial charge on any atom is -0.390 e. The molecule has 2 atom stereocenters. The zero-order valence-electron chi connectivity index (χ0n) is 11.6. The van der Waals surface area contributed by atoms with Gasteiger partial charge in [-0.2, -0.15) is 0 Å². The molecule has 0 aliphatic carbocycles. The molecule has 7 heteroatoms. The smallest absolute Gasteiger partial charge is 0.325 e. The molecule has 7 nitrogen and oxygen atoms in total. The number of hydrogen-bond acceptors (Lipinski definition) is 5. The molecule has 0 spiro atoms. The Bertz CT molecular complexity index is 480. The molecule has 0 amide bonds. The molecule has 2 N–H and O–H groups in total. The Kier molecular flexibility index (Phi) is 4.21. The van der Waals surface area contributed by atoms with Crippen LogP contribution in [0, 0.1) is 0 Å². The predicted molar refractivity (Wildman–Crippen MR) is 73.7 cm³/mol. The number of imidazole rings is 1. The summed E-state index contributed by atoms with van der Waals surface area (Å²) in [6.45, 7) is 6.28. The van der Waals surface area contributed by atoms with E-state index in [0.717, 1.165) is 39.4 Å². The molecule has 0 radical (unpaired) electrons. The summed E-state index contributed by atoms with van der Waals surface area (Å²) in [5.41, 5.74) is -0.0746. The first kappa shape index (κ1) is 13.8. The number of β-amino-alcohol motifs (C(OH)–C–C–N with tert-alkyl or cyclic N) is 1. The van der Waals surface area contributed by atoms with E-state index in [9.17, 15) is 9.90 Å². The predicted octanol–water partition coefficient (Wildman–Crippen LogP) is -1.45. The Morgan fingerprint density at radius 1 is 1.30 bits per heavy atom. The van der Waals surface area contributed by atoms with Crippen LogP contribution in [-0.4, -0.2) is 82.5 Å². The molecule has 2 saturated heterocycles. The first-order valence-corrected chi connectivity index (χ1v) is 7.20. The van der Waals surface area contributed by atoms with Crippen molar-refractivity contribution in [1.29, 1.82) is 0 Å². The van der Waals surface area contributed by atoms with Gasteiger partial charge in [0, 0.05) is 57.7 Å². The highest BCUT2D eigenvalue weighted by Gasteiger charge is 2.35. The number of aliphatic hydroxyl groups excluding tert-OH is 1. The third-order valence-corrected chi connectivity index (χ3v) is 4.23. The van der Waals surface area contributed by atoms with Crippen molar-refractivity contribution >= 4 is 0 Å². The summed E-state index contributed by atoms with van der Waals surface area (Å²) >= 11 is 0. The second-order valence-corrected chi connectivity index (χ2v) is 5.50. The van der Waals surface area contributed by atoms with E-state index < -0.39 is 0 Å². The first-order valence-electron chi connectivity index (χ1n) is 7.20. The summed E-state index contributed by atoms with van der Waals surface area (Å²) in [6, 6.07) is 0.196. The van der Waals surface area contributed by atoms with Crippen molar-refractivity contribution in [3.63, 3.8) is 0 Å². The van der Waals surface area contributed by atoms with E-state index in [1.54, 1.807) is 17.0 Å². The number of ether oxygens (including phenoxy) is 1. The van der Waals surface area contributed by atoms with Gasteiger partial charge in [0.05, 0.1) is 19.3 Å². The van der Waals surface area contributed by atoms with Crippen molar-refractivity contribution in [2.75, 3.05) is 45.9 Å². The second-order valence-electron chi connectivity index (χ2n) is 5.50. The quantitative estimate of drug-likeness (QED) is 0.707. The largest absolute Gasteiger partial charge is 0.390 e. The Morgan fingerprint density at radius 3 is 2.80 bits per heavy atom. The molecule has 1 aromatic heterocycles. The lowest BCUT2D eigenvalue weighted by molar-refractivity contribution is -0.00616. The number of hydrogen-bond donors (Lipinski definition) is 2. The third kappa shape index (κ3) is 2.95. The summed E-state index contributed by atoms with van der Waals surface area (Å²) in [5, 5.41) is 10.2. The van der Waals surface area contributed by atoms with Crippen LogP contribution in [0.1, 0.15) is 0 Å². The van der Waals surface area contributed by atoms with Crippen molar-refractivity contribution < 1.29 is 9.84 Å². The SMILES string of the molecule is O=c1[nH]ccn1CCN1C[C@@H](O)[C@H](N2CCOCC2)C1. The van der Waals surface area contributed by atoms with Gasteiger partial charge in [-0.1, -0.05) is 0 Å². The van der Waals surface area contributed by atoms with Crippen molar-refractivity contribution in [2.24, 2.45) is 0 Å². The van der Waals surface area contributed by atoms with Crippen LogP contribution in [0.3, 0.4) is 0 Å². The van der Waals surface area contributed by atoms with Crippen LogP contribution in [0.4, 0.5) is 0 Å². The van der Waals surface area contributed by atoms with Gasteiger partial charge >= 0.3 is 5.69 Å². The molecule has 0 saturated carbocycles. The van der Waals surface area contributed by atoms with E-state index >= 15 is 0 Å². The molecule has 2 aliphatic rings. The molecule has 3 rings (SSSR count). The highest BCUT2D eigenvalue weighted by Crippen LogP contribution is 2.17. The number of aromatic amines is 1. The molecule has 0 bridgehead atoms. The average Bonchev–Trinajstić information content (AvgIpc) is 3.03. The van der Waals surface area contributed by atoms with Crippen molar-refractivity contribution in [2.45, 2.75) is 18.7 Å². The zero-order chi connectivity index (χ0) is 13.9. The van der Waals surface area contributed by atoms with Gasteiger partial charge in [-0.3, -0.25) is 14.4 Å². The van der Waals surface area contributed by atoms with Crippen LogP contribution in [-0.2, 0) is 11.3 Å². The van der Waals surface area contributed by atoms with Gasteiger partial charge in [0.15, 0.2) is 0 Å².